The van der Waals surface area contributed by atoms with Gasteiger partial charge in [0.15, 0.2) is 5.96 Å². The lowest BCUT2D eigenvalue weighted by atomic mass is 10.0. The molecule has 0 saturated carbocycles. The van der Waals surface area contributed by atoms with Crippen LogP contribution in [0.3, 0.4) is 0 Å². The van der Waals surface area contributed by atoms with Crippen molar-refractivity contribution in [3.05, 3.63) is 72.1 Å². The van der Waals surface area contributed by atoms with Gasteiger partial charge >= 0.3 is 5.97 Å². The average Bonchev–Trinajstić information content (AvgIpc) is 3.65. The van der Waals surface area contributed by atoms with Crippen LogP contribution in [-0.4, -0.2) is 75.4 Å². The summed E-state index contributed by atoms with van der Waals surface area (Å²) in [6, 6.07) is 10.6. The van der Waals surface area contributed by atoms with Crippen molar-refractivity contribution in [2.75, 3.05) is 6.54 Å². The third-order valence-corrected chi connectivity index (χ3v) is 8.04. The van der Waals surface area contributed by atoms with E-state index in [1.807, 2.05) is 48.5 Å². The largest absolute Gasteiger partial charge is 0.480 e. The molecule has 0 saturated heterocycles. The molecule has 0 fully saturated rings. The van der Waals surface area contributed by atoms with Gasteiger partial charge < -0.3 is 48.2 Å². The van der Waals surface area contributed by atoms with Crippen LogP contribution in [0, 0.1) is 5.92 Å². The zero-order chi connectivity index (χ0) is 34.1. The summed E-state index contributed by atoms with van der Waals surface area (Å²) in [5.41, 5.74) is 20.2. The number of hydrogen-bond donors (Lipinski definition) is 9. The first-order valence-corrected chi connectivity index (χ1v) is 15.5. The number of benzene rings is 2. The first-order valence-electron chi connectivity index (χ1n) is 15.5. The smallest absolute Gasteiger partial charge is 0.326 e. The molecule has 4 unspecified atom stereocenters. The van der Waals surface area contributed by atoms with Crippen LogP contribution in [0.1, 0.15) is 37.8 Å². The van der Waals surface area contributed by atoms with Crippen molar-refractivity contribution < 1.29 is 24.3 Å². The number of guanidine groups is 1. The number of aromatic nitrogens is 2. The number of fused-ring (bicyclic) bond motifs is 2. The van der Waals surface area contributed by atoms with Crippen LogP contribution in [0.15, 0.2) is 65.9 Å². The van der Waals surface area contributed by atoms with Gasteiger partial charge in [0.1, 0.15) is 18.1 Å². The highest BCUT2D eigenvalue weighted by Crippen LogP contribution is 2.21. The maximum Gasteiger partial charge on any atom is 0.326 e. The Bertz CT molecular complexity index is 1740. The molecule has 0 aliphatic rings. The molecule has 14 nitrogen and oxygen atoms in total. The van der Waals surface area contributed by atoms with E-state index in [1.54, 1.807) is 26.2 Å². The van der Waals surface area contributed by atoms with Gasteiger partial charge in [-0.3, -0.25) is 19.4 Å². The number of carboxylic acids is 1. The Morgan fingerprint density at radius 3 is 1.79 bits per heavy atom. The van der Waals surface area contributed by atoms with E-state index in [-0.39, 0.29) is 37.7 Å². The van der Waals surface area contributed by atoms with Crippen LogP contribution in [0.2, 0.25) is 0 Å². The second-order valence-corrected chi connectivity index (χ2v) is 11.9. The molecule has 14 heteroatoms. The number of carbonyl (C=O) groups is 4. The van der Waals surface area contributed by atoms with Crippen LogP contribution in [0.5, 0.6) is 0 Å². The fraction of sp³-hybridized carbons (Fsp3) is 0.364. The van der Waals surface area contributed by atoms with Crippen molar-refractivity contribution in [1.29, 1.82) is 0 Å². The molecule has 250 valence electrons. The molecule has 4 rings (SSSR count). The van der Waals surface area contributed by atoms with E-state index in [0.29, 0.717) is 12.0 Å². The molecule has 12 N–H and O–H groups in total. The van der Waals surface area contributed by atoms with E-state index < -0.39 is 47.9 Å². The van der Waals surface area contributed by atoms with Gasteiger partial charge in [-0.25, -0.2) is 4.79 Å². The summed E-state index contributed by atoms with van der Waals surface area (Å²) in [5, 5.41) is 19.8. The third-order valence-electron chi connectivity index (χ3n) is 8.04. The number of aromatic amines is 2. The van der Waals surface area contributed by atoms with Gasteiger partial charge in [-0.1, -0.05) is 50.2 Å². The number of aliphatic carboxylic acids is 1. The lowest BCUT2D eigenvalue weighted by molar-refractivity contribution is -0.142. The first kappa shape index (κ1) is 34.5. The number of carboxylic acid groups (broad SMARTS) is 1. The normalized spacial score (nSPS) is 13.9. The van der Waals surface area contributed by atoms with Gasteiger partial charge in [0.05, 0.1) is 6.04 Å². The van der Waals surface area contributed by atoms with Gasteiger partial charge in [-0.05, 0) is 42.0 Å². The third kappa shape index (κ3) is 9.10. The molecule has 0 spiro atoms. The molecule has 2 aromatic heterocycles. The van der Waals surface area contributed by atoms with Crippen LogP contribution in [-0.2, 0) is 32.0 Å². The molecule has 47 heavy (non-hydrogen) atoms. The summed E-state index contributed by atoms with van der Waals surface area (Å²) in [6.07, 6.45) is 3.97. The summed E-state index contributed by atoms with van der Waals surface area (Å²) in [5.74, 6) is -3.40. The SMILES string of the molecule is CC(C)C(N)C(=O)NC(Cc1c[nH]c2ccccc12)C(=O)NC(CCCN=C(N)N)C(=O)NC(Cc1c[nH]c2ccccc12)C(=O)O. The van der Waals surface area contributed by atoms with Gasteiger partial charge in [-0.2, -0.15) is 0 Å². The molecule has 0 aliphatic heterocycles. The molecule has 4 aromatic rings. The number of nitrogens with zero attached hydrogens (tertiary/aromatic N) is 1. The number of nitrogens with one attached hydrogen (secondary N) is 5. The monoisotopic (exact) mass is 645 g/mol. The van der Waals surface area contributed by atoms with E-state index in [2.05, 4.69) is 30.9 Å². The lowest BCUT2D eigenvalue weighted by Crippen LogP contribution is -2.58. The Labute approximate surface area is 271 Å². The van der Waals surface area contributed by atoms with Gasteiger partial charge in [-0.15, -0.1) is 0 Å². The number of amides is 3. The number of nitrogens with two attached hydrogens (primary N) is 3. The number of H-pyrrole nitrogens is 2. The maximum absolute atomic E-state index is 13.9. The van der Waals surface area contributed by atoms with Crippen LogP contribution < -0.4 is 33.2 Å². The predicted octanol–water partition coefficient (Wildman–Crippen LogP) is 1.01. The van der Waals surface area contributed by atoms with E-state index in [0.717, 1.165) is 27.4 Å². The number of hydrogen-bond acceptors (Lipinski definition) is 6. The average molecular weight is 646 g/mol. The zero-order valence-electron chi connectivity index (χ0n) is 26.5. The molecular weight excluding hydrogens is 602 g/mol. The predicted molar refractivity (Wildman–Crippen MR) is 180 cm³/mol. The summed E-state index contributed by atoms with van der Waals surface area (Å²) in [7, 11) is 0. The molecule has 2 aromatic carbocycles. The standard InChI is InChI=1S/C33H43N9O5/c1-18(2)28(34)31(45)41-26(14-19-16-38-23-10-5-3-8-21(19)23)30(44)40-25(12-7-13-37-33(35)36)29(43)42-27(32(46)47)15-20-17-39-24-11-6-4-9-22(20)24/h3-6,8-11,16-18,25-28,38-39H,7,12-15,34H2,1-2H3,(H,40,44)(H,41,45)(H,42,43)(H,46,47)(H4,35,36,37). The lowest BCUT2D eigenvalue weighted by Gasteiger charge is -2.26. The molecule has 0 radical (unpaired) electrons. The van der Waals surface area contributed by atoms with E-state index in [4.69, 9.17) is 17.2 Å². The van der Waals surface area contributed by atoms with Crippen molar-refractivity contribution >= 4 is 51.5 Å². The summed E-state index contributed by atoms with van der Waals surface area (Å²) < 4.78 is 0. The number of aliphatic imine (C=N–C) groups is 1. The van der Waals surface area contributed by atoms with Gasteiger partial charge in [0, 0.05) is 53.6 Å². The van der Waals surface area contributed by atoms with E-state index in [1.165, 1.54) is 0 Å². The number of carbonyl (C=O) groups excluding carboxylic acids is 3. The second kappa shape index (κ2) is 15.8. The Morgan fingerprint density at radius 1 is 0.766 bits per heavy atom. The molecule has 4 atom stereocenters. The number of rotatable bonds is 16. The van der Waals surface area contributed by atoms with Crippen LogP contribution >= 0.6 is 0 Å². The van der Waals surface area contributed by atoms with E-state index >= 15 is 0 Å². The van der Waals surface area contributed by atoms with Gasteiger partial charge in [0.2, 0.25) is 17.7 Å². The zero-order valence-corrected chi connectivity index (χ0v) is 26.5. The Hall–Kier alpha value is -5.37. The first-order chi connectivity index (χ1) is 22.4. The minimum absolute atomic E-state index is 0.00604. The Kier molecular flexibility index (Phi) is 11.6. The highest BCUT2D eigenvalue weighted by molar-refractivity contribution is 5.95. The highest BCUT2D eigenvalue weighted by atomic mass is 16.4. The summed E-state index contributed by atoms with van der Waals surface area (Å²) >= 11 is 0. The maximum atomic E-state index is 13.9. The van der Waals surface area contributed by atoms with Crippen molar-refractivity contribution in [1.82, 2.24) is 25.9 Å². The minimum Gasteiger partial charge on any atom is -0.480 e. The van der Waals surface area contributed by atoms with Gasteiger partial charge in [0.25, 0.3) is 0 Å². The van der Waals surface area contributed by atoms with Crippen molar-refractivity contribution in [3.63, 3.8) is 0 Å². The fourth-order valence-corrected chi connectivity index (χ4v) is 5.34. The van der Waals surface area contributed by atoms with Crippen molar-refractivity contribution in [2.45, 2.75) is 63.7 Å². The molecule has 3 amide bonds. The highest BCUT2D eigenvalue weighted by Gasteiger charge is 2.31. The Morgan fingerprint density at radius 2 is 1.26 bits per heavy atom. The van der Waals surface area contributed by atoms with Crippen molar-refractivity contribution in [2.24, 2.45) is 28.1 Å². The summed E-state index contributed by atoms with van der Waals surface area (Å²) in [6.45, 7) is 3.77. The molecule has 0 aliphatic carbocycles. The molecule has 2 heterocycles. The topological polar surface area (TPSA) is 247 Å². The summed E-state index contributed by atoms with van der Waals surface area (Å²) in [4.78, 5) is 63.1. The minimum atomic E-state index is -1.29. The number of para-hydroxylation sites is 2. The van der Waals surface area contributed by atoms with Crippen LogP contribution in [0.25, 0.3) is 21.8 Å². The van der Waals surface area contributed by atoms with Crippen LogP contribution in [0.4, 0.5) is 0 Å². The Balaban J connectivity index is 1.56. The fourth-order valence-electron chi connectivity index (χ4n) is 5.34. The van der Waals surface area contributed by atoms with Crippen molar-refractivity contribution in [3.8, 4) is 0 Å². The second-order valence-electron chi connectivity index (χ2n) is 11.9. The quantitative estimate of drug-likeness (QED) is 0.0482. The van der Waals surface area contributed by atoms with E-state index in [9.17, 15) is 24.3 Å². The molecular formula is C33H43N9O5. The molecule has 0 bridgehead atoms.